The van der Waals surface area contributed by atoms with Crippen molar-refractivity contribution in [3.63, 3.8) is 0 Å². The van der Waals surface area contributed by atoms with Gasteiger partial charge < -0.3 is 18.0 Å². The topological polar surface area (TPSA) is 57.2 Å². The standard InChI is InChI=1S/C23H39NO5Si/c1-7-27-30(28-8-2,29-9-3)17-12-20-18-19(4)10-11-21(20)22(25)23(5,6)24-13-15-26-16-14-24/h10-11,18H,7-9,12-17H2,1-6H3. The Morgan fingerprint density at radius 1 is 1.07 bits per heavy atom. The molecule has 0 spiro atoms. The van der Waals surface area contributed by atoms with Gasteiger partial charge in [-0.25, -0.2) is 0 Å². The Morgan fingerprint density at radius 3 is 2.17 bits per heavy atom. The summed E-state index contributed by atoms with van der Waals surface area (Å²) in [4.78, 5) is 15.9. The molecule has 0 aromatic heterocycles. The van der Waals surface area contributed by atoms with Crippen molar-refractivity contribution in [1.29, 1.82) is 0 Å². The summed E-state index contributed by atoms with van der Waals surface area (Å²) in [6.45, 7) is 16.5. The molecule has 0 unspecified atom stereocenters. The van der Waals surface area contributed by atoms with Gasteiger partial charge in [0.15, 0.2) is 5.78 Å². The highest BCUT2D eigenvalue weighted by Crippen LogP contribution is 2.27. The molecule has 7 heteroatoms. The van der Waals surface area contributed by atoms with E-state index in [1.165, 1.54) is 0 Å². The van der Waals surface area contributed by atoms with Gasteiger partial charge in [0.2, 0.25) is 0 Å². The smallest absolute Gasteiger partial charge is 0.379 e. The molecule has 0 atom stereocenters. The van der Waals surface area contributed by atoms with Crippen molar-refractivity contribution in [3.05, 3.63) is 34.9 Å². The van der Waals surface area contributed by atoms with E-state index in [0.717, 1.165) is 29.8 Å². The van der Waals surface area contributed by atoms with Crippen LogP contribution in [0.3, 0.4) is 0 Å². The van der Waals surface area contributed by atoms with Gasteiger partial charge in [-0.05, 0) is 53.5 Å². The highest BCUT2D eigenvalue weighted by molar-refractivity contribution is 6.60. The first-order valence-corrected chi connectivity index (χ1v) is 13.1. The summed E-state index contributed by atoms with van der Waals surface area (Å²) in [6, 6.07) is 6.76. The molecular formula is C23H39NO5Si. The highest BCUT2D eigenvalue weighted by atomic mass is 28.4. The van der Waals surface area contributed by atoms with E-state index in [-0.39, 0.29) is 5.78 Å². The molecule has 0 radical (unpaired) electrons. The molecule has 0 N–H and O–H groups in total. The van der Waals surface area contributed by atoms with Crippen molar-refractivity contribution >= 4 is 14.6 Å². The summed E-state index contributed by atoms with van der Waals surface area (Å²) in [5.41, 5.74) is 2.38. The summed E-state index contributed by atoms with van der Waals surface area (Å²) in [6.07, 6.45) is 0.689. The maximum absolute atomic E-state index is 13.6. The number of benzene rings is 1. The van der Waals surface area contributed by atoms with E-state index in [1.54, 1.807) is 0 Å². The van der Waals surface area contributed by atoms with Crippen molar-refractivity contribution in [2.75, 3.05) is 46.1 Å². The Hall–Kier alpha value is -1.09. The van der Waals surface area contributed by atoms with E-state index in [0.29, 0.717) is 45.5 Å². The largest absolute Gasteiger partial charge is 0.501 e. The molecule has 0 amide bonds. The summed E-state index contributed by atoms with van der Waals surface area (Å²) in [5.74, 6) is 0.149. The summed E-state index contributed by atoms with van der Waals surface area (Å²) >= 11 is 0. The molecule has 1 aliphatic rings. The lowest BCUT2D eigenvalue weighted by molar-refractivity contribution is -0.00433. The summed E-state index contributed by atoms with van der Waals surface area (Å²) in [5, 5.41) is 0. The third-order valence-electron chi connectivity index (χ3n) is 5.66. The van der Waals surface area contributed by atoms with Gasteiger partial charge >= 0.3 is 8.80 Å². The van der Waals surface area contributed by atoms with Gasteiger partial charge in [0.1, 0.15) is 0 Å². The van der Waals surface area contributed by atoms with Gasteiger partial charge in [0.25, 0.3) is 0 Å². The number of hydrogen-bond donors (Lipinski definition) is 0. The first-order chi connectivity index (χ1) is 14.3. The van der Waals surface area contributed by atoms with Crippen LogP contribution < -0.4 is 0 Å². The van der Waals surface area contributed by atoms with Gasteiger partial charge in [-0.15, -0.1) is 0 Å². The number of carbonyl (C=O) groups is 1. The molecule has 1 aromatic rings. The molecule has 2 rings (SSSR count). The van der Waals surface area contributed by atoms with Gasteiger partial charge in [0.05, 0.1) is 18.8 Å². The minimum absolute atomic E-state index is 0.149. The average molecular weight is 438 g/mol. The molecule has 1 fully saturated rings. The maximum atomic E-state index is 13.6. The fourth-order valence-corrected chi connectivity index (χ4v) is 6.61. The van der Waals surface area contributed by atoms with E-state index < -0.39 is 14.3 Å². The van der Waals surface area contributed by atoms with Crippen molar-refractivity contribution in [3.8, 4) is 0 Å². The van der Waals surface area contributed by atoms with Gasteiger partial charge in [-0.2, -0.15) is 0 Å². The van der Waals surface area contributed by atoms with Crippen LogP contribution in [0.5, 0.6) is 0 Å². The van der Waals surface area contributed by atoms with Crippen LogP contribution in [0.4, 0.5) is 0 Å². The second kappa shape index (κ2) is 11.5. The molecule has 1 aromatic carbocycles. The molecule has 6 nitrogen and oxygen atoms in total. The van der Waals surface area contributed by atoms with Crippen molar-refractivity contribution in [1.82, 2.24) is 4.90 Å². The molecule has 0 aliphatic carbocycles. The molecule has 1 heterocycles. The molecule has 0 saturated carbocycles. The number of hydrogen-bond acceptors (Lipinski definition) is 6. The number of Topliss-reactive ketones (excluding diaryl/α,β-unsaturated/α-hetero) is 1. The fourth-order valence-electron chi connectivity index (χ4n) is 4.04. The van der Waals surface area contributed by atoms with E-state index in [9.17, 15) is 4.79 Å². The minimum Gasteiger partial charge on any atom is -0.379 e. The molecule has 170 valence electrons. The van der Waals surface area contributed by atoms with Gasteiger partial charge in [0, 0.05) is 44.5 Å². The fraction of sp³-hybridized carbons (Fsp3) is 0.696. The van der Waals surface area contributed by atoms with E-state index in [1.807, 2.05) is 46.8 Å². The monoisotopic (exact) mass is 437 g/mol. The van der Waals surface area contributed by atoms with Crippen LogP contribution >= 0.6 is 0 Å². The van der Waals surface area contributed by atoms with Crippen LogP contribution in [-0.4, -0.2) is 71.2 Å². The van der Waals surface area contributed by atoms with Crippen LogP contribution in [0.25, 0.3) is 0 Å². The zero-order valence-electron chi connectivity index (χ0n) is 19.6. The third kappa shape index (κ3) is 6.21. The first kappa shape index (κ1) is 25.2. The number of ether oxygens (including phenoxy) is 1. The predicted octanol–water partition coefficient (Wildman–Crippen LogP) is 3.88. The average Bonchev–Trinajstić information content (AvgIpc) is 2.73. The zero-order valence-corrected chi connectivity index (χ0v) is 20.6. The second-order valence-electron chi connectivity index (χ2n) is 8.13. The predicted molar refractivity (Wildman–Crippen MR) is 121 cm³/mol. The quantitative estimate of drug-likeness (QED) is 0.365. The first-order valence-electron chi connectivity index (χ1n) is 11.2. The second-order valence-corrected chi connectivity index (χ2v) is 10.9. The van der Waals surface area contributed by atoms with Crippen LogP contribution in [0.1, 0.15) is 56.1 Å². The molecule has 30 heavy (non-hydrogen) atoms. The molecular weight excluding hydrogens is 398 g/mol. The van der Waals surface area contributed by atoms with Crippen molar-refractivity contribution < 1.29 is 22.8 Å². The summed E-state index contributed by atoms with van der Waals surface area (Å²) < 4.78 is 23.5. The van der Waals surface area contributed by atoms with Gasteiger partial charge in [-0.3, -0.25) is 9.69 Å². The Balaban J connectivity index is 2.28. The molecule has 0 bridgehead atoms. The number of nitrogens with zero attached hydrogens (tertiary/aromatic N) is 1. The van der Waals surface area contributed by atoms with E-state index >= 15 is 0 Å². The minimum atomic E-state index is -2.77. The number of morpholine rings is 1. The molecule has 1 saturated heterocycles. The Bertz CT molecular complexity index is 671. The van der Waals surface area contributed by atoms with E-state index in [2.05, 4.69) is 17.9 Å². The lowest BCUT2D eigenvalue weighted by Gasteiger charge is -2.40. The summed E-state index contributed by atoms with van der Waals surface area (Å²) in [7, 11) is -2.77. The number of rotatable bonds is 12. The Labute approximate surface area is 183 Å². The van der Waals surface area contributed by atoms with E-state index in [4.69, 9.17) is 18.0 Å². The molecule has 1 aliphatic heterocycles. The maximum Gasteiger partial charge on any atom is 0.501 e. The Kier molecular flexibility index (Phi) is 9.65. The van der Waals surface area contributed by atoms with Crippen LogP contribution in [0, 0.1) is 6.92 Å². The lowest BCUT2D eigenvalue weighted by atomic mass is 9.87. The lowest BCUT2D eigenvalue weighted by Crippen LogP contribution is -2.54. The number of aryl methyl sites for hydroxylation is 2. The number of carbonyl (C=O) groups excluding carboxylic acids is 1. The van der Waals surface area contributed by atoms with Crippen molar-refractivity contribution in [2.45, 2.75) is 59.5 Å². The third-order valence-corrected chi connectivity index (χ3v) is 8.70. The SMILES string of the molecule is CCO[Si](CCc1cc(C)ccc1C(=O)C(C)(C)N1CCOCC1)(OCC)OCC. The van der Waals surface area contributed by atoms with Crippen molar-refractivity contribution in [2.24, 2.45) is 0 Å². The Morgan fingerprint density at radius 2 is 1.63 bits per heavy atom. The van der Waals surface area contributed by atoms with Gasteiger partial charge in [-0.1, -0.05) is 23.8 Å². The highest BCUT2D eigenvalue weighted by Gasteiger charge is 2.41. The van der Waals surface area contributed by atoms with Crippen LogP contribution in [0.15, 0.2) is 18.2 Å². The number of ketones is 1. The normalized spacial score (nSPS) is 16.1. The van der Waals surface area contributed by atoms with Crippen LogP contribution in [0.2, 0.25) is 6.04 Å². The zero-order chi connectivity index (χ0) is 22.2. The van der Waals surface area contributed by atoms with Crippen LogP contribution in [-0.2, 0) is 24.4 Å².